The normalized spacial score (nSPS) is 11.9. The van der Waals surface area contributed by atoms with Crippen molar-refractivity contribution in [2.75, 3.05) is 30.9 Å². The lowest BCUT2D eigenvalue weighted by molar-refractivity contribution is -0.118. The van der Waals surface area contributed by atoms with Crippen LogP contribution in [0.3, 0.4) is 0 Å². The fraction of sp³-hybridized carbons (Fsp3) is 0.286. The summed E-state index contributed by atoms with van der Waals surface area (Å²) in [5.41, 5.74) is 1.36. The molecule has 0 radical (unpaired) electrons. The third kappa shape index (κ3) is 4.99. The summed E-state index contributed by atoms with van der Waals surface area (Å²) in [4.78, 5) is 50.3. The summed E-state index contributed by atoms with van der Waals surface area (Å²) < 4.78 is 18.3. The number of Topliss-reactive ketones (excluding diaryl/α,β-unsaturated/α-hetero) is 1. The Balaban J connectivity index is 1.73. The number of hydrogen-bond donors (Lipinski definition) is 3. The maximum absolute atomic E-state index is 12.9. The van der Waals surface area contributed by atoms with E-state index >= 15 is 0 Å². The molecule has 32 heavy (non-hydrogen) atoms. The molecule has 0 bridgehead atoms. The summed E-state index contributed by atoms with van der Waals surface area (Å²) in [6.07, 6.45) is 0. The van der Waals surface area contributed by atoms with Gasteiger partial charge in [-0.3, -0.25) is 19.5 Å². The molecule has 0 aliphatic rings. The fourth-order valence-corrected chi connectivity index (χ4v) is 4.12. The van der Waals surface area contributed by atoms with Crippen molar-refractivity contribution < 1.29 is 28.7 Å². The molecule has 0 saturated heterocycles. The van der Waals surface area contributed by atoms with Crippen LogP contribution in [0.4, 0.5) is 10.8 Å². The van der Waals surface area contributed by atoms with Crippen molar-refractivity contribution in [2.45, 2.75) is 19.0 Å². The Morgan fingerprint density at radius 1 is 1.19 bits per heavy atom. The molecule has 0 saturated carbocycles. The van der Waals surface area contributed by atoms with Gasteiger partial charge in [0.15, 0.2) is 17.5 Å². The van der Waals surface area contributed by atoms with Crippen LogP contribution in [0.25, 0.3) is 10.2 Å². The highest BCUT2D eigenvalue weighted by Gasteiger charge is 2.45. The Morgan fingerprint density at radius 2 is 1.88 bits per heavy atom. The molecular weight excluding hydrogens is 453 g/mol. The van der Waals surface area contributed by atoms with E-state index in [1.807, 2.05) is 24.3 Å². The molecule has 3 aromatic rings. The fourth-order valence-electron chi connectivity index (χ4n) is 2.86. The number of aromatic nitrogens is 1. The highest BCUT2D eigenvalue weighted by Crippen LogP contribution is 2.52. The number of benzene rings is 2. The number of rotatable bonds is 8. The van der Waals surface area contributed by atoms with Gasteiger partial charge >= 0.3 is 7.60 Å². The van der Waals surface area contributed by atoms with Crippen LogP contribution in [0.5, 0.6) is 5.75 Å². The van der Waals surface area contributed by atoms with Gasteiger partial charge in [0.25, 0.3) is 5.91 Å². The monoisotopic (exact) mass is 477 g/mol. The molecule has 1 heterocycles. The van der Waals surface area contributed by atoms with E-state index in [1.165, 1.54) is 37.3 Å². The summed E-state index contributed by atoms with van der Waals surface area (Å²) in [6, 6.07) is 12.0. The van der Waals surface area contributed by atoms with Crippen molar-refractivity contribution in [3.63, 3.8) is 0 Å². The van der Waals surface area contributed by atoms with Crippen molar-refractivity contribution in [3.8, 4) is 5.75 Å². The number of ketones is 1. The maximum atomic E-state index is 12.9. The lowest BCUT2D eigenvalue weighted by Crippen LogP contribution is -2.33. The number of nitrogens with one attached hydrogen (secondary N) is 1. The largest absolute Gasteiger partial charge is 0.484 e. The Labute approximate surface area is 189 Å². The van der Waals surface area contributed by atoms with Crippen molar-refractivity contribution in [3.05, 3.63) is 48.0 Å². The van der Waals surface area contributed by atoms with Gasteiger partial charge in [-0.25, -0.2) is 4.98 Å². The summed E-state index contributed by atoms with van der Waals surface area (Å²) in [5.74, 6) is -0.744. The number of carbonyl (C=O) groups excluding carboxylic acids is 2. The van der Waals surface area contributed by atoms with Crippen LogP contribution in [-0.2, 0) is 9.36 Å². The third-order valence-corrected chi connectivity index (χ3v) is 7.50. The molecule has 0 atom stereocenters. The zero-order valence-corrected chi connectivity index (χ0v) is 19.7. The van der Waals surface area contributed by atoms with Gasteiger partial charge in [0.2, 0.25) is 0 Å². The van der Waals surface area contributed by atoms with Gasteiger partial charge in [-0.05, 0) is 38.1 Å². The number of nitrogens with zero attached hydrogens (tertiary/aromatic N) is 2. The SMILES string of the molecule is CN(C)c1cc(OCC(=O)Nc2nc3ccccc3s2)ccc1C(=O)C(C)(C)P(=O)(O)O. The van der Waals surface area contributed by atoms with E-state index in [4.69, 9.17) is 4.74 Å². The number of para-hydroxylation sites is 1. The van der Waals surface area contributed by atoms with Crippen LogP contribution in [0, 0.1) is 0 Å². The van der Waals surface area contributed by atoms with Gasteiger partial charge in [0, 0.05) is 25.7 Å². The van der Waals surface area contributed by atoms with Gasteiger partial charge in [-0.15, -0.1) is 0 Å². The lowest BCUT2D eigenvalue weighted by Gasteiger charge is -2.27. The van der Waals surface area contributed by atoms with E-state index in [9.17, 15) is 23.9 Å². The first kappa shape index (κ1) is 23.9. The molecule has 2 aromatic carbocycles. The molecule has 0 unspecified atom stereocenters. The average Bonchev–Trinajstić information content (AvgIpc) is 3.12. The van der Waals surface area contributed by atoms with Crippen LogP contribution in [0.1, 0.15) is 24.2 Å². The predicted octanol–water partition coefficient (Wildman–Crippen LogP) is 3.52. The highest BCUT2D eigenvalue weighted by molar-refractivity contribution is 7.54. The molecule has 3 rings (SSSR count). The number of carbonyl (C=O) groups is 2. The minimum absolute atomic E-state index is 0.148. The summed E-state index contributed by atoms with van der Waals surface area (Å²) in [5, 5.41) is 1.29. The summed E-state index contributed by atoms with van der Waals surface area (Å²) >= 11 is 1.36. The Kier molecular flexibility index (Phi) is 6.71. The molecule has 0 spiro atoms. The maximum Gasteiger partial charge on any atom is 0.338 e. The second-order valence-electron chi connectivity index (χ2n) is 7.83. The number of ether oxygens (including phenoxy) is 1. The quantitative estimate of drug-likeness (QED) is 0.332. The number of amides is 1. The highest BCUT2D eigenvalue weighted by atomic mass is 32.1. The van der Waals surface area contributed by atoms with E-state index in [2.05, 4.69) is 10.3 Å². The predicted molar refractivity (Wildman–Crippen MR) is 125 cm³/mol. The molecule has 0 aliphatic heterocycles. The van der Waals surface area contributed by atoms with Crippen LogP contribution >= 0.6 is 18.9 Å². The first-order valence-corrected chi connectivity index (χ1v) is 12.0. The van der Waals surface area contributed by atoms with Crippen molar-refractivity contribution in [2.24, 2.45) is 0 Å². The third-order valence-electron chi connectivity index (χ3n) is 4.89. The average molecular weight is 477 g/mol. The van der Waals surface area contributed by atoms with E-state index < -0.39 is 24.4 Å². The number of thiazole rings is 1. The number of hydrogen-bond acceptors (Lipinski definition) is 7. The van der Waals surface area contributed by atoms with Crippen LogP contribution in [0.15, 0.2) is 42.5 Å². The molecular formula is C21H24N3O6PS. The Morgan fingerprint density at radius 3 is 2.50 bits per heavy atom. The molecule has 170 valence electrons. The van der Waals surface area contributed by atoms with E-state index in [-0.39, 0.29) is 12.2 Å². The first-order chi connectivity index (χ1) is 14.9. The standard InChI is InChI=1S/C21H24N3O6PS/c1-21(2,31(27,28)29)19(26)14-10-9-13(11-16(14)24(3)4)30-12-18(25)23-20-22-15-7-5-6-8-17(15)32-20/h5-11H,12H2,1-4H3,(H,22,23,25)(H2,27,28,29). The summed E-state index contributed by atoms with van der Waals surface area (Å²) in [7, 11) is -1.29. The number of anilines is 2. The molecule has 3 N–H and O–H groups in total. The van der Waals surface area contributed by atoms with E-state index in [0.717, 1.165) is 10.2 Å². The topological polar surface area (TPSA) is 129 Å². The van der Waals surface area contributed by atoms with Crippen molar-refractivity contribution in [1.82, 2.24) is 4.98 Å². The van der Waals surface area contributed by atoms with Gasteiger partial charge in [-0.1, -0.05) is 23.5 Å². The summed E-state index contributed by atoms with van der Waals surface area (Å²) in [6.45, 7) is 2.16. The molecule has 0 aliphatic carbocycles. The smallest absolute Gasteiger partial charge is 0.338 e. The molecule has 0 fully saturated rings. The molecule has 9 nitrogen and oxygen atoms in total. The molecule has 11 heteroatoms. The minimum Gasteiger partial charge on any atom is -0.484 e. The molecule has 1 amide bonds. The van der Waals surface area contributed by atoms with Gasteiger partial charge in [0.05, 0.1) is 15.9 Å². The van der Waals surface area contributed by atoms with Gasteiger partial charge in [0.1, 0.15) is 10.9 Å². The second-order valence-corrected chi connectivity index (χ2v) is 11.1. The number of fused-ring (bicyclic) bond motifs is 1. The lowest BCUT2D eigenvalue weighted by atomic mass is 9.98. The molecule has 1 aromatic heterocycles. The van der Waals surface area contributed by atoms with E-state index in [0.29, 0.717) is 16.6 Å². The Hall–Kier alpha value is -2.78. The van der Waals surface area contributed by atoms with Crippen LogP contribution in [-0.4, -0.2) is 52.3 Å². The van der Waals surface area contributed by atoms with E-state index in [1.54, 1.807) is 25.1 Å². The Bertz CT molecular complexity index is 1180. The van der Waals surface area contributed by atoms with Gasteiger partial charge < -0.3 is 19.4 Å². The van der Waals surface area contributed by atoms with Crippen molar-refractivity contribution >= 4 is 51.7 Å². The van der Waals surface area contributed by atoms with Crippen molar-refractivity contribution in [1.29, 1.82) is 0 Å². The zero-order valence-electron chi connectivity index (χ0n) is 18.0. The first-order valence-electron chi connectivity index (χ1n) is 9.60. The van der Waals surface area contributed by atoms with Crippen LogP contribution < -0.4 is 15.0 Å². The minimum atomic E-state index is -4.68. The van der Waals surface area contributed by atoms with Gasteiger partial charge in [-0.2, -0.15) is 0 Å². The zero-order chi connectivity index (χ0) is 23.7. The van der Waals surface area contributed by atoms with Crippen LogP contribution in [0.2, 0.25) is 0 Å². The second kappa shape index (κ2) is 8.99.